The minimum Gasteiger partial charge on any atom is -0.507 e. The minimum atomic E-state index is -1.59. The Labute approximate surface area is 220 Å². The Hall–Kier alpha value is -4.76. The number of methoxy groups -OCH3 is 3. The summed E-state index contributed by atoms with van der Waals surface area (Å²) < 4.78 is 16.0. The summed E-state index contributed by atoms with van der Waals surface area (Å²) in [6, 6.07) is 22.4. The smallest absolute Gasteiger partial charge is 0.323 e. The Bertz CT molecular complexity index is 1590. The van der Waals surface area contributed by atoms with Gasteiger partial charge in [0.2, 0.25) is 0 Å². The van der Waals surface area contributed by atoms with Crippen LogP contribution in [0.25, 0.3) is 21.9 Å². The van der Waals surface area contributed by atoms with Crippen molar-refractivity contribution >= 4 is 22.7 Å². The number of phenolic OH excluding ortho intramolecular Hbond substituents is 1. The monoisotopic (exact) mass is 506 g/mol. The molecule has 38 heavy (non-hydrogen) atoms. The molecule has 190 valence electrons. The van der Waals surface area contributed by atoms with Gasteiger partial charge in [0.1, 0.15) is 11.5 Å². The molecule has 0 atom stereocenters. The number of hydrogen-bond donors (Lipinski definition) is 1. The van der Waals surface area contributed by atoms with E-state index in [-0.39, 0.29) is 18.6 Å². The van der Waals surface area contributed by atoms with Crippen LogP contribution in [0.4, 0.5) is 0 Å². The fourth-order valence-corrected chi connectivity index (χ4v) is 5.38. The quantitative estimate of drug-likeness (QED) is 0.237. The second-order valence-corrected chi connectivity index (χ2v) is 9.14. The Morgan fingerprint density at radius 2 is 1.37 bits per heavy atom. The molecule has 4 aromatic carbocycles. The van der Waals surface area contributed by atoms with E-state index < -0.39 is 17.4 Å². The zero-order valence-corrected chi connectivity index (χ0v) is 21.3. The van der Waals surface area contributed by atoms with Crippen molar-refractivity contribution in [1.29, 1.82) is 0 Å². The maximum Gasteiger partial charge on any atom is 0.323 e. The van der Waals surface area contributed by atoms with Gasteiger partial charge in [0, 0.05) is 40.3 Å². The first kappa shape index (κ1) is 24.9. The van der Waals surface area contributed by atoms with Gasteiger partial charge in [-0.15, -0.1) is 0 Å². The SMILES string of the molecule is COC(=O)C1(C(=O)OC)Cc2c(C#Cc3ccccc3)c(-c3ccccc3)c3c(O)ccc(OC)c3c2C1. The topological polar surface area (TPSA) is 82.1 Å². The van der Waals surface area contributed by atoms with Gasteiger partial charge < -0.3 is 19.3 Å². The van der Waals surface area contributed by atoms with Crippen molar-refractivity contribution in [2.45, 2.75) is 12.8 Å². The highest BCUT2D eigenvalue weighted by atomic mass is 16.5. The van der Waals surface area contributed by atoms with Crippen LogP contribution in [0.2, 0.25) is 0 Å². The van der Waals surface area contributed by atoms with Crippen molar-refractivity contribution in [1.82, 2.24) is 0 Å². The van der Waals surface area contributed by atoms with Crippen LogP contribution in [0.5, 0.6) is 11.5 Å². The zero-order chi connectivity index (χ0) is 26.9. The molecule has 5 rings (SSSR count). The number of esters is 2. The summed E-state index contributed by atoms with van der Waals surface area (Å²) in [6.45, 7) is 0. The van der Waals surface area contributed by atoms with E-state index in [1.807, 2.05) is 60.7 Å². The van der Waals surface area contributed by atoms with Gasteiger partial charge in [-0.2, -0.15) is 0 Å². The molecule has 0 bridgehead atoms. The van der Waals surface area contributed by atoms with E-state index in [1.54, 1.807) is 19.2 Å². The lowest BCUT2D eigenvalue weighted by molar-refractivity contribution is -0.168. The first-order chi connectivity index (χ1) is 18.4. The molecule has 1 aliphatic rings. The van der Waals surface area contributed by atoms with Gasteiger partial charge in [-0.3, -0.25) is 9.59 Å². The van der Waals surface area contributed by atoms with Crippen LogP contribution in [-0.2, 0) is 31.9 Å². The number of aromatic hydroxyl groups is 1. The summed E-state index contributed by atoms with van der Waals surface area (Å²) in [5.74, 6) is 5.75. The van der Waals surface area contributed by atoms with Gasteiger partial charge in [0.25, 0.3) is 0 Å². The van der Waals surface area contributed by atoms with Gasteiger partial charge in [-0.1, -0.05) is 60.4 Å². The molecule has 0 aromatic heterocycles. The molecule has 0 saturated heterocycles. The van der Waals surface area contributed by atoms with Crippen molar-refractivity contribution in [3.8, 4) is 34.5 Å². The predicted molar refractivity (Wildman–Crippen MR) is 144 cm³/mol. The molecular formula is C32H26O6. The lowest BCUT2D eigenvalue weighted by Gasteiger charge is -2.22. The molecule has 0 radical (unpaired) electrons. The van der Waals surface area contributed by atoms with Crippen LogP contribution in [0.1, 0.15) is 22.3 Å². The number of rotatable bonds is 4. The van der Waals surface area contributed by atoms with Crippen LogP contribution in [0, 0.1) is 17.3 Å². The third-order valence-electron chi connectivity index (χ3n) is 7.11. The highest BCUT2D eigenvalue weighted by Gasteiger charge is 2.54. The van der Waals surface area contributed by atoms with E-state index in [0.717, 1.165) is 16.7 Å². The van der Waals surface area contributed by atoms with Crippen LogP contribution < -0.4 is 4.74 Å². The minimum absolute atomic E-state index is 0.0209. The van der Waals surface area contributed by atoms with E-state index >= 15 is 0 Å². The molecule has 1 N–H and O–H groups in total. The van der Waals surface area contributed by atoms with Crippen LogP contribution in [0.15, 0.2) is 72.8 Å². The Balaban J connectivity index is 1.95. The van der Waals surface area contributed by atoms with Gasteiger partial charge >= 0.3 is 11.9 Å². The third kappa shape index (κ3) is 3.93. The van der Waals surface area contributed by atoms with Gasteiger partial charge in [-0.25, -0.2) is 0 Å². The van der Waals surface area contributed by atoms with E-state index in [4.69, 9.17) is 14.2 Å². The molecule has 0 amide bonds. The first-order valence-corrected chi connectivity index (χ1v) is 12.1. The molecule has 0 spiro atoms. The molecule has 6 nitrogen and oxygen atoms in total. The largest absolute Gasteiger partial charge is 0.507 e. The number of carbonyl (C=O) groups is 2. The fraction of sp³-hybridized carbons (Fsp3) is 0.188. The first-order valence-electron chi connectivity index (χ1n) is 12.1. The molecule has 1 aliphatic carbocycles. The Morgan fingerprint density at radius 1 is 0.763 bits per heavy atom. The highest BCUT2D eigenvalue weighted by molar-refractivity contribution is 6.11. The van der Waals surface area contributed by atoms with Crippen molar-refractivity contribution < 1.29 is 28.9 Å². The summed E-state index contributed by atoms with van der Waals surface area (Å²) in [5, 5.41) is 12.4. The molecule has 0 saturated carbocycles. The van der Waals surface area contributed by atoms with Crippen LogP contribution >= 0.6 is 0 Å². The van der Waals surface area contributed by atoms with Crippen molar-refractivity contribution in [3.63, 3.8) is 0 Å². The lowest BCUT2D eigenvalue weighted by atomic mass is 9.84. The average molecular weight is 507 g/mol. The number of carbonyl (C=O) groups excluding carboxylic acids is 2. The Morgan fingerprint density at radius 3 is 1.97 bits per heavy atom. The maximum atomic E-state index is 13.2. The number of benzene rings is 4. The molecule has 0 unspecified atom stereocenters. The Kier molecular flexibility index (Phi) is 6.52. The lowest BCUT2D eigenvalue weighted by Crippen LogP contribution is -2.42. The van der Waals surface area contributed by atoms with Gasteiger partial charge in [0.15, 0.2) is 5.41 Å². The third-order valence-corrected chi connectivity index (χ3v) is 7.11. The molecule has 6 heteroatoms. The van der Waals surface area contributed by atoms with Crippen LogP contribution in [-0.4, -0.2) is 38.4 Å². The van der Waals surface area contributed by atoms with Gasteiger partial charge in [-0.05, 0) is 41.0 Å². The fourth-order valence-electron chi connectivity index (χ4n) is 5.38. The molecule has 0 aliphatic heterocycles. The normalized spacial score (nSPS) is 13.2. The average Bonchev–Trinajstić information content (AvgIpc) is 3.38. The number of hydrogen-bond acceptors (Lipinski definition) is 6. The molecular weight excluding hydrogens is 480 g/mol. The van der Waals surface area contributed by atoms with E-state index in [1.165, 1.54) is 14.2 Å². The second kappa shape index (κ2) is 9.95. The second-order valence-electron chi connectivity index (χ2n) is 9.14. The molecule has 4 aromatic rings. The van der Waals surface area contributed by atoms with E-state index in [0.29, 0.717) is 33.2 Å². The van der Waals surface area contributed by atoms with Crippen LogP contribution in [0.3, 0.4) is 0 Å². The number of ether oxygens (including phenoxy) is 3. The van der Waals surface area contributed by atoms with Crippen molar-refractivity contribution in [3.05, 3.63) is 95.1 Å². The van der Waals surface area contributed by atoms with E-state index in [9.17, 15) is 14.7 Å². The summed E-state index contributed by atoms with van der Waals surface area (Å²) >= 11 is 0. The summed E-state index contributed by atoms with van der Waals surface area (Å²) in [4.78, 5) is 26.3. The van der Waals surface area contributed by atoms with Gasteiger partial charge in [0.05, 0.1) is 21.3 Å². The van der Waals surface area contributed by atoms with E-state index in [2.05, 4.69) is 11.8 Å². The maximum absolute atomic E-state index is 13.2. The molecule has 0 fully saturated rings. The van der Waals surface area contributed by atoms with Crippen molar-refractivity contribution in [2.75, 3.05) is 21.3 Å². The summed E-state index contributed by atoms with van der Waals surface area (Å²) in [6.07, 6.45) is 0.0577. The number of fused-ring (bicyclic) bond motifs is 3. The summed E-state index contributed by atoms with van der Waals surface area (Å²) in [5.41, 5.74) is 2.79. The predicted octanol–water partition coefficient (Wildman–Crippen LogP) is 5.05. The zero-order valence-electron chi connectivity index (χ0n) is 21.3. The van der Waals surface area contributed by atoms with Crippen molar-refractivity contribution in [2.24, 2.45) is 5.41 Å². The standard InChI is InChI=1S/C32H26O6/c1-36-26-17-16-25(33)29-27(21-12-8-5-9-13-21)22(15-14-20-10-6-4-7-11-20)23-18-32(30(34)37-2,31(35)38-3)19-24(23)28(26)29/h4-13,16-17,33H,18-19H2,1-3H3. The number of phenols is 1. The highest BCUT2D eigenvalue weighted by Crippen LogP contribution is 2.51. The summed E-state index contributed by atoms with van der Waals surface area (Å²) in [7, 11) is 4.06. The molecule has 0 heterocycles.